The molecular weight excluding hydrogens is 563 g/mol. The molecule has 0 atom stereocenters. The molecule has 2 aromatic heterocycles. The quantitative estimate of drug-likeness (QED) is 0.320. The van der Waals surface area contributed by atoms with Crippen molar-refractivity contribution in [3.63, 3.8) is 0 Å². The summed E-state index contributed by atoms with van der Waals surface area (Å²) in [7, 11) is 0. The Morgan fingerprint density at radius 3 is 1.00 bits per heavy atom. The molecule has 0 unspecified atom stereocenters. The van der Waals surface area contributed by atoms with Crippen LogP contribution in [0.25, 0.3) is 0 Å². The van der Waals surface area contributed by atoms with Gasteiger partial charge in [0.2, 0.25) is 0 Å². The van der Waals surface area contributed by atoms with Crippen LogP contribution < -0.4 is 43.7 Å². The van der Waals surface area contributed by atoms with E-state index >= 15 is 0 Å². The molecule has 0 radical (unpaired) electrons. The number of hydrogen-bond donors (Lipinski definition) is 0. The molecule has 0 bridgehead atoms. The van der Waals surface area contributed by atoms with Crippen molar-refractivity contribution < 1.29 is 43.7 Å². The van der Waals surface area contributed by atoms with Crippen LogP contribution in [-0.4, -0.2) is 0 Å². The third kappa shape index (κ3) is 13.5. The Kier molecular flexibility index (Phi) is 16.4. The van der Waals surface area contributed by atoms with Gasteiger partial charge in [-0.25, -0.2) is 9.97 Å². The van der Waals surface area contributed by atoms with Crippen molar-refractivity contribution >= 4 is 25.4 Å². The van der Waals surface area contributed by atoms with E-state index in [1.807, 2.05) is 64.1 Å². The Balaban J connectivity index is 0. The summed E-state index contributed by atoms with van der Waals surface area (Å²) in [5, 5.41) is 0. The zero-order valence-corrected chi connectivity index (χ0v) is 18.9. The Morgan fingerprint density at radius 1 is 0.700 bits per heavy atom. The van der Waals surface area contributed by atoms with Crippen LogP contribution in [0.4, 0.5) is 0 Å². The fourth-order valence-corrected chi connectivity index (χ4v) is 1.46. The Morgan fingerprint density at radius 2 is 0.900 bits per heavy atom. The maximum absolute atomic E-state index is 3.17. The first-order valence-electron chi connectivity index (χ1n) is 5.77. The summed E-state index contributed by atoms with van der Waals surface area (Å²) in [5.41, 5.74) is 4.85. The van der Waals surface area contributed by atoms with Crippen LogP contribution in [0.5, 0.6) is 0 Å². The fraction of sp³-hybridized carbons (Fsp3) is 0.286. The molecule has 114 valence electrons. The van der Waals surface area contributed by atoms with Crippen LogP contribution in [0.15, 0.2) is 36.4 Å². The molecule has 0 aliphatic rings. The SMILES string of the molecule is Br[I-]Br.Cc1cccc(C)[nH+]1.Cc1cccc(C)[nH+]1.[Br-]. The number of hydrogen-bond acceptors (Lipinski definition) is 0. The summed E-state index contributed by atoms with van der Waals surface area (Å²) < 4.78 is 0. The molecule has 0 spiro atoms. The molecule has 2 nitrogen and oxygen atoms in total. The van der Waals surface area contributed by atoms with Crippen LogP contribution in [0.3, 0.4) is 0 Å². The van der Waals surface area contributed by atoms with E-state index in [0.29, 0.717) is 0 Å². The zero-order chi connectivity index (χ0) is 14.7. The second-order valence-electron chi connectivity index (χ2n) is 4.09. The summed E-state index contributed by atoms with van der Waals surface area (Å²) in [4.78, 5) is 6.34. The van der Waals surface area contributed by atoms with E-state index in [1.54, 1.807) is 0 Å². The van der Waals surface area contributed by atoms with Crippen molar-refractivity contribution in [3.05, 3.63) is 59.2 Å². The van der Waals surface area contributed by atoms with Gasteiger partial charge in [-0.2, -0.15) is 0 Å². The third-order valence-electron chi connectivity index (χ3n) is 2.17. The molecule has 0 aliphatic carbocycles. The van der Waals surface area contributed by atoms with Crippen LogP contribution in [0.1, 0.15) is 22.8 Å². The first kappa shape index (κ1) is 22.7. The minimum Gasteiger partial charge on any atom is -1.00 e. The number of H-pyrrole nitrogens is 2. The molecule has 2 N–H and O–H groups in total. The molecule has 6 heteroatoms. The number of pyridine rings is 2. The van der Waals surface area contributed by atoms with Gasteiger partial charge in [0.1, 0.15) is 0 Å². The molecule has 0 aliphatic heterocycles. The fourth-order valence-electron chi connectivity index (χ4n) is 1.46. The van der Waals surface area contributed by atoms with Gasteiger partial charge in [0.25, 0.3) is 0 Å². The summed E-state index contributed by atoms with van der Waals surface area (Å²) in [6, 6.07) is 12.3. The third-order valence-corrected chi connectivity index (χ3v) is 2.17. The van der Waals surface area contributed by atoms with Crippen molar-refractivity contribution in [1.29, 1.82) is 0 Å². The van der Waals surface area contributed by atoms with E-state index in [1.165, 1.54) is 22.8 Å². The van der Waals surface area contributed by atoms with Crippen LogP contribution >= 0.6 is 25.4 Å². The van der Waals surface area contributed by atoms with Crippen molar-refractivity contribution in [1.82, 2.24) is 0 Å². The predicted octanol–water partition coefficient (Wildman–Crippen LogP) is -2.07. The maximum atomic E-state index is 3.17. The molecular formula is C14H20Br3IN2. The average Bonchev–Trinajstić information content (AvgIpc) is 2.30. The number of aromatic amines is 2. The second-order valence-corrected chi connectivity index (χ2v) is 13.8. The molecule has 0 fully saturated rings. The molecule has 0 saturated carbocycles. The standard InChI is InChI=1S/2C7H9N.Br2I.BrH/c2*1-6-4-3-5-7(2)8-6;1-3-2;/h2*3-5H,1-2H3;;1H/q;;-1;/p+1. The van der Waals surface area contributed by atoms with Gasteiger partial charge in [-0.1, -0.05) is 0 Å². The zero-order valence-electron chi connectivity index (χ0n) is 12.0. The molecule has 2 aromatic rings. The number of rotatable bonds is 0. The van der Waals surface area contributed by atoms with Gasteiger partial charge in [-0.05, 0) is 12.1 Å². The van der Waals surface area contributed by atoms with Crippen molar-refractivity contribution in [2.24, 2.45) is 0 Å². The topological polar surface area (TPSA) is 28.3 Å². The molecule has 0 amide bonds. The van der Waals surface area contributed by atoms with Crippen LogP contribution in [0.2, 0.25) is 0 Å². The van der Waals surface area contributed by atoms with Gasteiger partial charge >= 0.3 is 42.1 Å². The molecule has 2 heterocycles. The number of halogens is 4. The van der Waals surface area contributed by atoms with Crippen molar-refractivity contribution in [2.45, 2.75) is 27.7 Å². The number of nitrogens with one attached hydrogen (secondary N) is 2. The van der Waals surface area contributed by atoms with Gasteiger partial charge in [0.05, 0.1) is 0 Å². The first-order chi connectivity index (χ1) is 8.99. The van der Waals surface area contributed by atoms with Gasteiger partial charge in [0, 0.05) is 52.0 Å². The van der Waals surface area contributed by atoms with E-state index in [2.05, 4.69) is 35.3 Å². The molecule has 0 saturated heterocycles. The summed E-state index contributed by atoms with van der Waals surface area (Å²) in [6.07, 6.45) is 0. The van der Waals surface area contributed by atoms with E-state index < -0.39 is 0 Å². The Labute approximate surface area is 154 Å². The largest absolute Gasteiger partial charge is 1.00 e. The smallest absolute Gasteiger partial charge is 0.176 e. The maximum Gasteiger partial charge on any atom is 0.176 e. The van der Waals surface area contributed by atoms with Gasteiger partial charge in [-0.3, -0.25) is 0 Å². The van der Waals surface area contributed by atoms with Gasteiger partial charge in [-0.15, -0.1) is 0 Å². The normalized spacial score (nSPS) is 8.50. The summed E-state index contributed by atoms with van der Waals surface area (Å²) >= 11 is 6.56. The van der Waals surface area contributed by atoms with Crippen molar-refractivity contribution in [2.75, 3.05) is 0 Å². The monoisotopic (exact) mass is 580 g/mol. The minimum atomic E-state index is 0. The predicted molar refractivity (Wildman–Crippen MR) is 82.8 cm³/mol. The molecule has 0 aromatic carbocycles. The van der Waals surface area contributed by atoms with Crippen LogP contribution in [0, 0.1) is 27.7 Å². The second kappa shape index (κ2) is 14.4. The van der Waals surface area contributed by atoms with E-state index in [0.717, 1.165) is 0 Å². The summed E-state index contributed by atoms with van der Waals surface area (Å²) in [6.45, 7) is 8.19. The first-order valence-corrected chi connectivity index (χ1v) is 15.4. The molecule has 20 heavy (non-hydrogen) atoms. The van der Waals surface area contributed by atoms with Crippen LogP contribution in [-0.2, 0) is 0 Å². The van der Waals surface area contributed by atoms with Crippen molar-refractivity contribution in [3.8, 4) is 0 Å². The minimum absolute atomic E-state index is 0. The van der Waals surface area contributed by atoms with E-state index in [9.17, 15) is 0 Å². The Bertz CT molecular complexity index is 403. The number of aryl methyl sites for hydroxylation is 4. The van der Waals surface area contributed by atoms with E-state index in [4.69, 9.17) is 0 Å². The Hall–Kier alpha value is 0.470. The molecule has 2 rings (SSSR count). The van der Waals surface area contributed by atoms with Gasteiger partial charge in [0.15, 0.2) is 22.8 Å². The van der Waals surface area contributed by atoms with Gasteiger partial charge < -0.3 is 17.0 Å². The number of aromatic nitrogens is 2. The van der Waals surface area contributed by atoms with E-state index in [-0.39, 0.29) is 33.7 Å². The summed E-state index contributed by atoms with van der Waals surface area (Å²) in [5.74, 6) is 0. The average molecular weight is 583 g/mol.